The van der Waals surface area contributed by atoms with Crippen molar-refractivity contribution in [2.45, 2.75) is 6.10 Å². The van der Waals surface area contributed by atoms with Gasteiger partial charge in [-0.15, -0.1) is 0 Å². The Morgan fingerprint density at radius 1 is 1.62 bits per heavy atom. The Bertz CT molecular complexity index is 312. The van der Waals surface area contributed by atoms with E-state index in [-0.39, 0.29) is 17.7 Å². The molecule has 70 valence electrons. The van der Waals surface area contributed by atoms with E-state index in [9.17, 15) is 4.39 Å². The van der Waals surface area contributed by atoms with Gasteiger partial charge in [0.2, 0.25) is 0 Å². The van der Waals surface area contributed by atoms with Crippen molar-refractivity contribution in [1.82, 2.24) is 0 Å². The van der Waals surface area contributed by atoms with Gasteiger partial charge >= 0.3 is 0 Å². The minimum absolute atomic E-state index is 0.156. The maximum absolute atomic E-state index is 13.1. The molecule has 0 bridgehead atoms. The second kappa shape index (κ2) is 3.64. The van der Waals surface area contributed by atoms with Gasteiger partial charge in [-0.05, 0) is 18.2 Å². The molecule has 1 fully saturated rings. The van der Waals surface area contributed by atoms with Gasteiger partial charge < -0.3 is 9.47 Å². The van der Waals surface area contributed by atoms with Crippen LogP contribution in [0.3, 0.4) is 0 Å². The number of hydrogen-bond donors (Lipinski definition) is 0. The molecule has 0 amide bonds. The third-order valence-electron chi connectivity index (χ3n) is 1.72. The van der Waals surface area contributed by atoms with E-state index >= 15 is 0 Å². The summed E-state index contributed by atoms with van der Waals surface area (Å²) in [6.45, 7) is 1.15. The fraction of sp³-hybridized carbons (Fsp3) is 0.333. The van der Waals surface area contributed by atoms with Crippen LogP contribution in [0.15, 0.2) is 22.7 Å². The first-order valence-corrected chi connectivity index (χ1v) is 4.74. The van der Waals surface area contributed by atoms with E-state index in [1.54, 1.807) is 12.1 Å². The average Bonchev–Trinajstić information content (AvgIpc) is 2.86. The highest BCUT2D eigenvalue weighted by molar-refractivity contribution is 9.10. The molecule has 0 radical (unpaired) electrons. The van der Waals surface area contributed by atoms with Crippen molar-refractivity contribution >= 4 is 15.9 Å². The van der Waals surface area contributed by atoms with Gasteiger partial charge in [-0.2, -0.15) is 0 Å². The number of benzene rings is 1. The van der Waals surface area contributed by atoms with E-state index < -0.39 is 0 Å². The van der Waals surface area contributed by atoms with Crippen molar-refractivity contribution in [2.24, 2.45) is 0 Å². The molecule has 1 aromatic rings. The molecular weight excluding hydrogens is 239 g/mol. The fourth-order valence-electron chi connectivity index (χ4n) is 0.939. The van der Waals surface area contributed by atoms with Crippen LogP contribution < -0.4 is 4.74 Å². The summed E-state index contributed by atoms with van der Waals surface area (Å²) >= 11 is 3.17. The van der Waals surface area contributed by atoms with Crippen LogP contribution in [0, 0.1) is 5.82 Å². The highest BCUT2D eigenvalue weighted by atomic mass is 79.9. The van der Waals surface area contributed by atoms with Gasteiger partial charge in [0.15, 0.2) is 11.6 Å². The number of rotatable bonds is 3. The third kappa shape index (κ3) is 2.42. The first kappa shape index (κ1) is 8.97. The van der Waals surface area contributed by atoms with Crippen LogP contribution in [0.25, 0.3) is 0 Å². The fourth-order valence-corrected chi connectivity index (χ4v) is 1.27. The van der Waals surface area contributed by atoms with Crippen LogP contribution in [0.4, 0.5) is 4.39 Å². The van der Waals surface area contributed by atoms with Gasteiger partial charge in [-0.3, -0.25) is 0 Å². The first-order valence-electron chi connectivity index (χ1n) is 3.95. The predicted molar refractivity (Wildman–Crippen MR) is 49.3 cm³/mol. The molecule has 1 aliphatic rings. The van der Waals surface area contributed by atoms with Gasteiger partial charge in [0.05, 0.1) is 6.61 Å². The summed E-state index contributed by atoms with van der Waals surface area (Å²) in [6.07, 6.45) is 0.156. The molecule has 1 unspecified atom stereocenters. The summed E-state index contributed by atoms with van der Waals surface area (Å²) in [5.41, 5.74) is 0. The van der Waals surface area contributed by atoms with Crippen molar-refractivity contribution in [3.05, 3.63) is 28.5 Å². The third-order valence-corrected chi connectivity index (χ3v) is 2.21. The Kier molecular flexibility index (Phi) is 2.51. The largest absolute Gasteiger partial charge is 0.488 e. The molecule has 1 aromatic carbocycles. The van der Waals surface area contributed by atoms with Crippen molar-refractivity contribution in [3.8, 4) is 5.75 Å². The Labute approximate surface area is 83.8 Å². The number of ether oxygens (including phenoxy) is 2. The molecule has 13 heavy (non-hydrogen) atoms. The lowest BCUT2D eigenvalue weighted by molar-refractivity contribution is 0.254. The summed E-state index contributed by atoms with van der Waals surface area (Å²) in [4.78, 5) is 0. The lowest BCUT2D eigenvalue weighted by atomic mass is 10.3. The van der Waals surface area contributed by atoms with Crippen LogP contribution in [-0.4, -0.2) is 19.3 Å². The molecule has 0 aromatic heterocycles. The zero-order valence-electron chi connectivity index (χ0n) is 6.80. The smallest absolute Gasteiger partial charge is 0.166 e. The summed E-state index contributed by atoms with van der Waals surface area (Å²) < 4.78 is 24.0. The Hall–Kier alpha value is -0.610. The van der Waals surface area contributed by atoms with Crippen molar-refractivity contribution in [3.63, 3.8) is 0 Å². The van der Waals surface area contributed by atoms with E-state index in [4.69, 9.17) is 9.47 Å². The second-order valence-electron chi connectivity index (χ2n) is 2.84. The van der Waals surface area contributed by atoms with Gasteiger partial charge in [0.1, 0.15) is 12.7 Å². The molecule has 0 N–H and O–H groups in total. The maximum atomic E-state index is 13.1. The Morgan fingerprint density at radius 3 is 3.00 bits per heavy atom. The summed E-state index contributed by atoms with van der Waals surface area (Å²) in [5, 5.41) is 0. The Morgan fingerprint density at radius 2 is 2.38 bits per heavy atom. The molecule has 0 spiro atoms. The molecule has 0 saturated carbocycles. The van der Waals surface area contributed by atoms with Crippen LogP contribution in [-0.2, 0) is 4.74 Å². The highest BCUT2D eigenvalue weighted by Gasteiger charge is 2.23. The molecule has 1 heterocycles. The average molecular weight is 247 g/mol. The van der Waals surface area contributed by atoms with Crippen molar-refractivity contribution in [2.75, 3.05) is 13.2 Å². The first-order chi connectivity index (χ1) is 6.25. The molecule has 2 nitrogen and oxygen atoms in total. The highest BCUT2D eigenvalue weighted by Crippen LogP contribution is 2.22. The quantitative estimate of drug-likeness (QED) is 0.765. The van der Waals surface area contributed by atoms with Crippen LogP contribution >= 0.6 is 15.9 Å². The van der Waals surface area contributed by atoms with E-state index in [2.05, 4.69) is 15.9 Å². The van der Waals surface area contributed by atoms with Crippen molar-refractivity contribution in [1.29, 1.82) is 0 Å². The number of halogens is 2. The van der Waals surface area contributed by atoms with Gasteiger partial charge in [0.25, 0.3) is 0 Å². The summed E-state index contributed by atoms with van der Waals surface area (Å²) in [7, 11) is 0. The van der Waals surface area contributed by atoms with Gasteiger partial charge in [-0.1, -0.05) is 15.9 Å². The minimum Gasteiger partial charge on any atom is -0.488 e. The van der Waals surface area contributed by atoms with E-state index in [0.717, 1.165) is 6.61 Å². The Balaban J connectivity index is 2.01. The lowest BCUT2D eigenvalue weighted by Gasteiger charge is -2.04. The monoisotopic (exact) mass is 246 g/mol. The molecule has 1 saturated heterocycles. The molecule has 1 aliphatic heterocycles. The number of epoxide rings is 1. The van der Waals surface area contributed by atoms with Gasteiger partial charge in [0, 0.05) is 4.47 Å². The van der Waals surface area contributed by atoms with Gasteiger partial charge in [-0.25, -0.2) is 4.39 Å². The van der Waals surface area contributed by atoms with E-state index in [0.29, 0.717) is 11.1 Å². The SMILES string of the molecule is Fc1cc(Br)ccc1OCC1CO1. The number of hydrogen-bond acceptors (Lipinski definition) is 2. The lowest BCUT2D eigenvalue weighted by Crippen LogP contribution is -2.05. The van der Waals surface area contributed by atoms with Crippen molar-refractivity contribution < 1.29 is 13.9 Å². The van der Waals surface area contributed by atoms with Crippen LogP contribution in [0.5, 0.6) is 5.75 Å². The zero-order chi connectivity index (χ0) is 9.26. The molecule has 0 aliphatic carbocycles. The van der Waals surface area contributed by atoms with E-state index in [1.165, 1.54) is 6.07 Å². The minimum atomic E-state index is -0.352. The van der Waals surface area contributed by atoms with Crippen LogP contribution in [0.1, 0.15) is 0 Å². The normalized spacial score (nSPS) is 20.0. The topological polar surface area (TPSA) is 21.8 Å². The van der Waals surface area contributed by atoms with E-state index in [1.807, 2.05) is 0 Å². The molecular formula is C9H8BrFO2. The molecule has 2 rings (SSSR count). The summed E-state index contributed by atoms with van der Waals surface area (Å²) in [6, 6.07) is 4.72. The zero-order valence-corrected chi connectivity index (χ0v) is 8.38. The summed E-state index contributed by atoms with van der Waals surface area (Å²) in [5.74, 6) is -0.0753. The molecule has 1 atom stereocenters. The molecule has 4 heteroatoms. The maximum Gasteiger partial charge on any atom is 0.166 e. The standard InChI is InChI=1S/C9H8BrFO2/c10-6-1-2-9(8(11)3-6)13-5-7-4-12-7/h1-3,7H,4-5H2. The van der Waals surface area contributed by atoms with Crippen LogP contribution in [0.2, 0.25) is 0 Å². The predicted octanol–water partition coefficient (Wildman–Crippen LogP) is 2.37. The second-order valence-corrected chi connectivity index (χ2v) is 3.76.